The fraction of sp³-hybridized carbons (Fsp3) is 0.538. The molecule has 0 heterocycles. The molecule has 114 valence electrons. The summed E-state index contributed by atoms with van der Waals surface area (Å²) in [6, 6.07) is 4.29. The fourth-order valence-electron chi connectivity index (χ4n) is 1.58. The number of ether oxygens (including phenoxy) is 2. The van der Waals surface area contributed by atoms with E-state index in [-0.39, 0.29) is 25.0 Å². The van der Waals surface area contributed by atoms with Gasteiger partial charge in [0.25, 0.3) is 0 Å². The van der Waals surface area contributed by atoms with Crippen molar-refractivity contribution < 1.29 is 27.8 Å². The number of aliphatic hydroxyl groups excluding tert-OH is 1. The maximum Gasteiger partial charge on any atom is 0.573 e. The highest BCUT2D eigenvalue weighted by atomic mass is 19.4. The lowest BCUT2D eigenvalue weighted by atomic mass is 10.1. The molecule has 0 bridgehead atoms. The van der Waals surface area contributed by atoms with Crippen molar-refractivity contribution in [2.24, 2.45) is 5.73 Å². The highest BCUT2D eigenvalue weighted by Gasteiger charge is 2.32. The molecule has 0 aliphatic carbocycles. The Bertz CT molecular complexity index is 422. The first-order valence-electron chi connectivity index (χ1n) is 6.19. The van der Waals surface area contributed by atoms with E-state index >= 15 is 0 Å². The summed E-state index contributed by atoms with van der Waals surface area (Å²) in [5.74, 6) is -0.464. The smallest absolute Gasteiger partial charge is 0.487 e. The van der Waals surface area contributed by atoms with E-state index in [1.165, 1.54) is 12.1 Å². The van der Waals surface area contributed by atoms with Gasteiger partial charge in [-0.2, -0.15) is 0 Å². The van der Waals surface area contributed by atoms with Gasteiger partial charge in [0.1, 0.15) is 6.61 Å². The zero-order valence-electron chi connectivity index (χ0n) is 11.1. The predicted molar refractivity (Wildman–Crippen MR) is 67.7 cm³/mol. The summed E-state index contributed by atoms with van der Waals surface area (Å²) in [6.07, 6.45) is -3.59. The van der Waals surface area contributed by atoms with Gasteiger partial charge in [-0.3, -0.25) is 0 Å². The minimum Gasteiger partial charge on any atom is -0.487 e. The zero-order chi connectivity index (χ0) is 15.2. The van der Waals surface area contributed by atoms with E-state index in [1.807, 2.05) is 6.92 Å². The van der Waals surface area contributed by atoms with Crippen LogP contribution in [0.2, 0.25) is 0 Å². The lowest BCUT2D eigenvalue weighted by Gasteiger charge is -2.15. The Morgan fingerprint density at radius 1 is 1.30 bits per heavy atom. The Morgan fingerprint density at radius 3 is 2.55 bits per heavy atom. The molecule has 0 amide bonds. The monoisotopic (exact) mass is 293 g/mol. The molecule has 0 aliphatic rings. The molecule has 7 heteroatoms. The van der Waals surface area contributed by atoms with Gasteiger partial charge in [-0.25, -0.2) is 0 Å². The molecule has 1 aromatic carbocycles. The first kappa shape index (κ1) is 16.6. The molecule has 0 aliphatic heterocycles. The second-order valence-corrected chi connectivity index (χ2v) is 4.42. The van der Waals surface area contributed by atoms with Crippen molar-refractivity contribution in [3.8, 4) is 11.5 Å². The highest BCUT2D eigenvalue weighted by molar-refractivity contribution is 5.43. The maximum absolute atomic E-state index is 12.3. The first-order valence-corrected chi connectivity index (χ1v) is 6.19. The van der Waals surface area contributed by atoms with Crippen molar-refractivity contribution in [2.75, 3.05) is 13.2 Å². The summed E-state index contributed by atoms with van der Waals surface area (Å²) in [4.78, 5) is 0. The summed E-state index contributed by atoms with van der Waals surface area (Å²) in [5.41, 5.74) is 6.29. The number of rotatable bonds is 7. The van der Waals surface area contributed by atoms with Gasteiger partial charge in [0.2, 0.25) is 0 Å². The number of halogens is 3. The Kier molecular flexibility index (Phi) is 6.09. The van der Waals surface area contributed by atoms with Crippen molar-refractivity contribution in [1.29, 1.82) is 0 Å². The second-order valence-electron chi connectivity index (χ2n) is 4.42. The minimum absolute atomic E-state index is 0.0349. The van der Waals surface area contributed by atoms with E-state index in [1.54, 1.807) is 6.07 Å². The van der Waals surface area contributed by atoms with Crippen molar-refractivity contribution in [3.05, 3.63) is 23.8 Å². The van der Waals surface area contributed by atoms with Gasteiger partial charge >= 0.3 is 6.36 Å². The van der Waals surface area contributed by atoms with Gasteiger partial charge in [-0.15, -0.1) is 13.2 Å². The van der Waals surface area contributed by atoms with Crippen LogP contribution in [0.1, 0.15) is 18.9 Å². The molecule has 3 N–H and O–H groups in total. The van der Waals surface area contributed by atoms with E-state index < -0.39 is 12.1 Å². The van der Waals surface area contributed by atoms with E-state index in [4.69, 9.17) is 15.6 Å². The van der Waals surface area contributed by atoms with Crippen molar-refractivity contribution in [2.45, 2.75) is 32.2 Å². The summed E-state index contributed by atoms with van der Waals surface area (Å²) < 4.78 is 46.0. The lowest BCUT2D eigenvalue weighted by molar-refractivity contribution is -0.275. The molecular weight excluding hydrogens is 275 g/mol. The van der Waals surface area contributed by atoms with Gasteiger partial charge in [0, 0.05) is 6.04 Å². The largest absolute Gasteiger partial charge is 0.573 e. The number of alkyl halides is 3. The molecule has 0 radical (unpaired) electrons. The highest BCUT2D eigenvalue weighted by Crippen LogP contribution is 2.33. The molecule has 0 unspecified atom stereocenters. The molecule has 4 nitrogen and oxygen atoms in total. The van der Waals surface area contributed by atoms with Crippen LogP contribution in [0.3, 0.4) is 0 Å². The number of nitrogens with two attached hydrogens (primary N) is 1. The van der Waals surface area contributed by atoms with E-state index in [0.29, 0.717) is 18.4 Å². The van der Waals surface area contributed by atoms with Crippen LogP contribution in [0.5, 0.6) is 11.5 Å². The third-order valence-electron chi connectivity index (χ3n) is 2.47. The van der Waals surface area contributed by atoms with E-state index in [9.17, 15) is 13.2 Å². The molecule has 0 fully saturated rings. The molecular formula is C13H18F3NO3. The number of hydrogen-bond donors (Lipinski definition) is 2. The Morgan fingerprint density at radius 2 is 2.00 bits per heavy atom. The molecule has 1 rings (SSSR count). The standard InChI is InChI=1S/C13H18F3NO3/c1-9(17)2-3-10-4-5-11(19-7-6-18)12(8-10)20-13(14,15)16/h4-5,8-9,18H,2-3,6-7,17H2,1H3/t9-/m1/s1. The Hall–Kier alpha value is -1.47. The van der Waals surface area contributed by atoms with Crippen LogP contribution >= 0.6 is 0 Å². The third kappa shape index (κ3) is 6.12. The Labute approximate surface area is 115 Å². The number of aliphatic hydroxyl groups is 1. The van der Waals surface area contributed by atoms with Gasteiger partial charge in [0.15, 0.2) is 11.5 Å². The van der Waals surface area contributed by atoms with Crippen LogP contribution in [0, 0.1) is 0 Å². The predicted octanol–water partition coefficient (Wildman–Crippen LogP) is 2.24. The van der Waals surface area contributed by atoms with Gasteiger partial charge in [-0.1, -0.05) is 6.07 Å². The van der Waals surface area contributed by atoms with E-state index in [0.717, 1.165) is 0 Å². The van der Waals surface area contributed by atoms with Crippen LogP contribution in [0.15, 0.2) is 18.2 Å². The summed E-state index contributed by atoms with van der Waals surface area (Å²) >= 11 is 0. The topological polar surface area (TPSA) is 64.7 Å². The second kappa shape index (κ2) is 7.35. The Balaban J connectivity index is 2.89. The number of aryl methyl sites for hydroxylation is 1. The summed E-state index contributed by atoms with van der Waals surface area (Å²) in [7, 11) is 0. The van der Waals surface area contributed by atoms with Crippen molar-refractivity contribution in [1.82, 2.24) is 0 Å². The van der Waals surface area contributed by atoms with E-state index in [2.05, 4.69) is 4.74 Å². The van der Waals surface area contributed by atoms with Crippen molar-refractivity contribution >= 4 is 0 Å². The average Bonchev–Trinajstić information content (AvgIpc) is 2.33. The third-order valence-corrected chi connectivity index (χ3v) is 2.47. The fourth-order valence-corrected chi connectivity index (χ4v) is 1.58. The van der Waals surface area contributed by atoms with Crippen LogP contribution in [-0.4, -0.2) is 30.7 Å². The van der Waals surface area contributed by atoms with Gasteiger partial charge in [-0.05, 0) is 37.5 Å². The number of hydrogen-bond acceptors (Lipinski definition) is 4. The molecule has 1 atom stereocenters. The SMILES string of the molecule is C[C@@H](N)CCc1ccc(OCCO)c(OC(F)(F)F)c1. The van der Waals surface area contributed by atoms with Gasteiger partial charge in [0.05, 0.1) is 6.61 Å². The normalized spacial score (nSPS) is 13.1. The molecule has 0 aromatic heterocycles. The first-order chi connectivity index (χ1) is 9.31. The minimum atomic E-state index is -4.79. The molecule has 20 heavy (non-hydrogen) atoms. The molecule has 0 saturated heterocycles. The lowest BCUT2D eigenvalue weighted by Crippen LogP contribution is -2.18. The average molecular weight is 293 g/mol. The van der Waals surface area contributed by atoms with Crippen LogP contribution in [0.25, 0.3) is 0 Å². The van der Waals surface area contributed by atoms with Gasteiger partial charge < -0.3 is 20.3 Å². The van der Waals surface area contributed by atoms with Crippen LogP contribution in [0.4, 0.5) is 13.2 Å². The molecule has 0 spiro atoms. The summed E-state index contributed by atoms with van der Waals surface area (Å²) in [5, 5.41) is 8.65. The quantitative estimate of drug-likeness (QED) is 0.809. The van der Waals surface area contributed by atoms with Crippen LogP contribution in [-0.2, 0) is 6.42 Å². The molecule has 1 aromatic rings. The zero-order valence-corrected chi connectivity index (χ0v) is 11.1. The molecule has 0 saturated carbocycles. The van der Waals surface area contributed by atoms with Crippen molar-refractivity contribution in [3.63, 3.8) is 0 Å². The maximum atomic E-state index is 12.3. The van der Waals surface area contributed by atoms with Crippen LogP contribution < -0.4 is 15.2 Å². The summed E-state index contributed by atoms with van der Waals surface area (Å²) in [6.45, 7) is 1.43. The number of benzene rings is 1.